The van der Waals surface area contributed by atoms with Crippen LogP contribution in [-0.4, -0.2) is 5.90 Å². The number of ether oxygens (including phenoxy) is 1. The molecule has 0 unspecified atom stereocenters. The third kappa shape index (κ3) is 10.7. The summed E-state index contributed by atoms with van der Waals surface area (Å²) in [5.41, 5.74) is 0.700. The van der Waals surface area contributed by atoms with Gasteiger partial charge in [-0.1, -0.05) is 45.2 Å². The van der Waals surface area contributed by atoms with Gasteiger partial charge >= 0.3 is 0 Å². The van der Waals surface area contributed by atoms with Crippen LogP contribution in [0.5, 0.6) is 0 Å². The van der Waals surface area contributed by atoms with Gasteiger partial charge in [-0.3, -0.25) is 0 Å². The smallest absolute Gasteiger partial charge is 0.219 e. The molecule has 0 amide bonds. The lowest BCUT2D eigenvalue weighted by Gasteiger charge is -2.05. The fourth-order valence-corrected chi connectivity index (χ4v) is 0.950. The molecule has 0 aliphatic heterocycles. The van der Waals surface area contributed by atoms with Gasteiger partial charge in [-0.15, -0.1) is 0 Å². The van der Waals surface area contributed by atoms with Gasteiger partial charge in [0.15, 0.2) is 0 Å². The summed E-state index contributed by atoms with van der Waals surface area (Å²) >= 11 is 0. The van der Waals surface area contributed by atoms with Crippen LogP contribution in [0, 0.1) is 0 Å². The van der Waals surface area contributed by atoms with E-state index in [1.807, 2.05) is 52.8 Å². The fourth-order valence-electron chi connectivity index (χ4n) is 0.950. The lowest BCUT2D eigenvalue weighted by Crippen LogP contribution is -2.00. The van der Waals surface area contributed by atoms with Crippen molar-refractivity contribution in [2.45, 2.75) is 34.6 Å². The summed E-state index contributed by atoms with van der Waals surface area (Å²) in [6.45, 7) is 17.0. The molecule has 2 heteroatoms. The van der Waals surface area contributed by atoms with Gasteiger partial charge in [-0.05, 0) is 39.0 Å². The van der Waals surface area contributed by atoms with Crippen LogP contribution in [-0.2, 0) is 4.74 Å². The summed E-state index contributed by atoms with van der Waals surface area (Å²) in [6, 6.07) is 0. The van der Waals surface area contributed by atoms with E-state index in [4.69, 9.17) is 4.74 Å². The van der Waals surface area contributed by atoms with E-state index in [-0.39, 0.29) is 0 Å². The predicted molar refractivity (Wildman–Crippen MR) is 82.6 cm³/mol. The number of rotatable bonds is 5. The molecule has 0 radical (unpaired) electrons. The monoisotopic (exact) mass is 247 g/mol. The van der Waals surface area contributed by atoms with Gasteiger partial charge in [0.25, 0.3) is 0 Å². The molecular weight excluding hydrogens is 222 g/mol. The fraction of sp³-hybridized carbons (Fsp3) is 0.312. The third-order valence-corrected chi connectivity index (χ3v) is 1.45. The van der Waals surface area contributed by atoms with E-state index in [2.05, 4.69) is 18.2 Å². The lowest BCUT2D eigenvalue weighted by molar-refractivity contribution is 0.437. The third-order valence-electron chi connectivity index (χ3n) is 1.45. The van der Waals surface area contributed by atoms with E-state index in [1.54, 1.807) is 18.2 Å². The predicted octanol–water partition coefficient (Wildman–Crippen LogP) is 5.18. The number of hydrogen-bond donors (Lipinski definition) is 0. The Morgan fingerprint density at radius 3 is 2.06 bits per heavy atom. The van der Waals surface area contributed by atoms with Crippen LogP contribution in [0.25, 0.3) is 0 Å². The SMILES string of the molecule is C=C/C=C(\C=C/C)OC(/C=C\C)=NC(=C)C.CC. The molecule has 0 aliphatic carbocycles. The molecule has 0 aliphatic rings. The molecule has 0 bridgehead atoms. The summed E-state index contributed by atoms with van der Waals surface area (Å²) in [7, 11) is 0. The Bertz CT molecular complexity index is 357. The van der Waals surface area contributed by atoms with Crippen LogP contribution in [0.4, 0.5) is 0 Å². The first-order chi connectivity index (χ1) is 8.63. The minimum absolute atomic E-state index is 0.515. The van der Waals surface area contributed by atoms with Gasteiger partial charge in [0.2, 0.25) is 5.90 Å². The highest BCUT2D eigenvalue weighted by Crippen LogP contribution is 2.05. The minimum atomic E-state index is 0.515. The van der Waals surface area contributed by atoms with Crippen LogP contribution in [0.15, 0.2) is 66.1 Å². The first kappa shape index (κ1) is 18.5. The highest BCUT2D eigenvalue weighted by molar-refractivity contribution is 5.89. The minimum Gasteiger partial charge on any atom is -0.439 e. The van der Waals surface area contributed by atoms with Crippen molar-refractivity contribution in [2.75, 3.05) is 0 Å². The Hall–Kier alpha value is -1.83. The van der Waals surface area contributed by atoms with Gasteiger partial charge in [0.05, 0.1) is 0 Å². The molecule has 0 aromatic rings. The van der Waals surface area contributed by atoms with Gasteiger partial charge < -0.3 is 4.74 Å². The average molecular weight is 247 g/mol. The molecule has 100 valence electrons. The molecule has 18 heavy (non-hydrogen) atoms. The molecule has 0 aromatic heterocycles. The van der Waals surface area contributed by atoms with Gasteiger partial charge in [0, 0.05) is 5.70 Å². The number of aliphatic imine (C=N–C) groups is 1. The molecule has 0 aromatic carbocycles. The Morgan fingerprint density at radius 2 is 1.67 bits per heavy atom. The number of nitrogens with zero attached hydrogens (tertiary/aromatic N) is 1. The summed E-state index contributed by atoms with van der Waals surface area (Å²) in [4.78, 5) is 4.18. The topological polar surface area (TPSA) is 21.6 Å². The zero-order valence-electron chi connectivity index (χ0n) is 12.2. The lowest BCUT2D eigenvalue weighted by atomic mass is 10.4. The van der Waals surface area contributed by atoms with Gasteiger partial charge in [0.1, 0.15) is 5.76 Å². The second-order valence-corrected chi connectivity index (χ2v) is 3.09. The molecule has 2 nitrogen and oxygen atoms in total. The zero-order chi connectivity index (χ0) is 14.4. The summed E-state index contributed by atoms with van der Waals surface area (Å²) in [5, 5.41) is 0. The second kappa shape index (κ2) is 13.2. The van der Waals surface area contributed by atoms with Crippen molar-refractivity contribution in [1.82, 2.24) is 0 Å². The van der Waals surface area contributed by atoms with Crippen LogP contribution < -0.4 is 0 Å². The molecular formula is C16H25NO. The molecule has 0 N–H and O–H groups in total. The molecule has 0 saturated carbocycles. The van der Waals surface area contributed by atoms with E-state index in [0.29, 0.717) is 17.4 Å². The summed E-state index contributed by atoms with van der Waals surface area (Å²) in [6.07, 6.45) is 10.8. The van der Waals surface area contributed by atoms with Crippen molar-refractivity contribution < 1.29 is 4.74 Å². The van der Waals surface area contributed by atoms with Crippen molar-refractivity contribution in [3.8, 4) is 0 Å². The van der Waals surface area contributed by atoms with E-state index in [0.717, 1.165) is 0 Å². The van der Waals surface area contributed by atoms with Crippen molar-refractivity contribution in [1.29, 1.82) is 0 Å². The maximum atomic E-state index is 5.59. The average Bonchev–Trinajstić information content (AvgIpc) is 2.31. The molecule has 0 heterocycles. The Morgan fingerprint density at radius 1 is 1.11 bits per heavy atom. The first-order valence-electron chi connectivity index (χ1n) is 6.14. The molecule has 0 atom stereocenters. The van der Waals surface area contributed by atoms with Crippen molar-refractivity contribution in [3.63, 3.8) is 0 Å². The summed E-state index contributed by atoms with van der Waals surface area (Å²) < 4.78 is 5.59. The quantitative estimate of drug-likeness (QED) is 0.284. The standard InChI is InChI=1S/C14H19NO.C2H6/c1-6-9-13(10-7-2)16-14(11-8-3)15-12(4)5;1-2/h6-11H,1,4H2,2-3,5H3;1-2H3/b10-7-,11-8-,13-9+,15-14?;. The molecule has 0 rings (SSSR count). The highest BCUT2D eigenvalue weighted by Gasteiger charge is 1.98. The molecule has 0 spiro atoms. The van der Waals surface area contributed by atoms with Crippen molar-refractivity contribution in [3.05, 3.63) is 61.1 Å². The zero-order valence-corrected chi connectivity index (χ0v) is 12.2. The van der Waals surface area contributed by atoms with Crippen molar-refractivity contribution >= 4 is 5.90 Å². The van der Waals surface area contributed by atoms with Gasteiger partial charge in [-0.2, -0.15) is 0 Å². The maximum Gasteiger partial charge on any atom is 0.219 e. The van der Waals surface area contributed by atoms with Gasteiger partial charge in [-0.25, -0.2) is 4.99 Å². The molecule has 0 fully saturated rings. The van der Waals surface area contributed by atoms with Crippen LogP contribution in [0.3, 0.4) is 0 Å². The Labute approximate surface area is 112 Å². The van der Waals surface area contributed by atoms with Crippen LogP contribution in [0.1, 0.15) is 34.6 Å². The largest absolute Gasteiger partial charge is 0.439 e. The molecule has 0 saturated heterocycles. The van der Waals surface area contributed by atoms with E-state index < -0.39 is 0 Å². The van der Waals surface area contributed by atoms with E-state index in [9.17, 15) is 0 Å². The van der Waals surface area contributed by atoms with Crippen LogP contribution in [0.2, 0.25) is 0 Å². The summed E-state index contributed by atoms with van der Waals surface area (Å²) in [5.74, 6) is 1.21. The Kier molecular flexibility index (Phi) is 13.6. The van der Waals surface area contributed by atoms with Crippen molar-refractivity contribution in [2.24, 2.45) is 4.99 Å². The maximum absolute atomic E-state index is 5.59. The Balaban J connectivity index is 0. The highest BCUT2D eigenvalue weighted by atomic mass is 16.5. The number of allylic oxidation sites excluding steroid dienone is 6. The first-order valence-corrected chi connectivity index (χ1v) is 6.14. The van der Waals surface area contributed by atoms with Crippen LogP contribution >= 0.6 is 0 Å². The van der Waals surface area contributed by atoms with E-state index in [1.165, 1.54) is 0 Å². The normalized spacial score (nSPS) is 12.3. The number of hydrogen-bond acceptors (Lipinski definition) is 2. The second-order valence-electron chi connectivity index (χ2n) is 3.09. The van der Waals surface area contributed by atoms with E-state index >= 15 is 0 Å².